The summed E-state index contributed by atoms with van der Waals surface area (Å²) in [6.07, 6.45) is 0.933. The Labute approximate surface area is 95.5 Å². The zero-order valence-corrected chi connectivity index (χ0v) is 9.44. The van der Waals surface area contributed by atoms with Gasteiger partial charge in [-0.15, -0.1) is 0 Å². The minimum absolute atomic E-state index is 0.00743. The Balaban J connectivity index is 1.96. The van der Waals surface area contributed by atoms with Crippen molar-refractivity contribution in [3.63, 3.8) is 0 Å². The lowest BCUT2D eigenvalue weighted by atomic mass is 10.0. The van der Waals surface area contributed by atoms with E-state index in [1.165, 1.54) is 11.1 Å². The van der Waals surface area contributed by atoms with E-state index >= 15 is 0 Å². The lowest BCUT2D eigenvalue weighted by Crippen LogP contribution is -2.28. The van der Waals surface area contributed by atoms with Crippen molar-refractivity contribution >= 4 is 5.91 Å². The molecule has 1 amide bonds. The molecule has 0 bridgehead atoms. The molecule has 1 aromatic rings. The highest BCUT2D eigenvalue weighted by molar-refractivity contribution is 5.83. The molecule has 1 fully saturated rings. The minimum Gasteiger partial charge on any atom is -0.395 e. The van der Waals surface area contributed by atoms with Crippen LogP contribution in [0.25, 0.3) is 0 Å². The van der Waals surface area contributed by atoms with Crippen LogP contribution in [-0.4, -0.2) is 24.2 Å². The summed E-state index contributed by atoms with van der Waals surface area (Å²) in [5.74, 6) is 0.551. The Hall–Kier alpha value is -1.35. The topological polar surface area (TPSA) is 49.3 Å². The normalized spacial score (nSPS) is 22.9. The van der Waals surface area contributed by atoms with Gasteiger partial charge in [0.05, 0.1) is 6.61 Å². The maximum atomic E-state index is 11.6. The van der Waals surface area contributed by atoms with Gasteiger partial charge in [-0.2, -0.15) is 0 Å². The van der Waals surface area contributed by atoms with Crippen LogP contribution in [0.15, 0.2) is 24.3 Å². The number of carbonyl (C=O) groups excluding carboxylic acids is 1. The highest BCUT2D eigenvalue weighted by atomic mass is 16.3. The van der Waals surface area contributed by atoms with Crippen LogP contribution < -0.4 is 5.32 Å². The molecule has 0 aromatic heterocycles. The van der Waals surface area contributed by atoms with Crippen LogP contribution in [0.5, 0.6) is 0 Å². The van der Waals surface area contributed by atoms with E-state index in [2.05, 4.69) is 24.4 Å². The Bertz CT molecular complexity index is 389. The van der Waals surface area contributed by atoms with Crippen LogP contribution in [0.4, 0.5) is 0 Å². The molecule has 1 aliphatic rings. The second kappa shape index (κ2) is 4.66. The van der Waals surface area contributed by atoms with E-state index in [0.717, 1.165) is 6.42 Å². The average molecular weight is 219 g/mol. The van der Waals surface area contributed by atoms with Crippen molar-refractivity contribution < 1.29 is 9.90 Å². The number of amides is 1. The van der Waals surface area contributed by atoms with Gasteiger partial charge in [0.2, 0.25) is 5.91 Å². The predicted octanol–water partition coefficient (Wildman–Crippen LogP) is 1.21. The first kappa shape index (κ1) is 11.1. The quantitative estimate of drug-likeness (QED) is 0.799. The number of nitrogens with one attached hydrogen (secondary N) is 1. The van der Waals surface area contributed by atoms with Crippen molar-refractivity contribution in [2.24, 2.45) is 5.92 Å². The fourth-order valence-corrected chi connectivity index (χ4v) is 2.14. The molecule has 0 saturated heterocycles. The van der Waals surface area contributed by atoms with Gasteiger partial charge in [0.15, 0.2) is 0 Å². The van der Waals surface area contributed by atoms with E-state index in [1.54, 1.807) is 0 Å². The third-order valence-corrected chi connectivity index (χ3v) is 3.13. The Morgan fingerprint density at radius 2 is 2.25 bits per heavy atom. The minimum atomic E-state index is 0.00743. The lowest BCUT2D eigenvalue weighted by molar-refractivity contribution is -0.122. The van der Waals surface area contributed by atoms with Gasteiger partial charge in [-0.05, 0) is 30.4 Å². The SMILES string of the molecule is Cc1ccccc1C1CC1C(=O)NCCO. The van der Waals surface area contributed by atoms with Gasteiger partial charge in [-0.25, -0.2) is 0 Å². The van der Waals surface area contributed by atoms with E-state index in [4.69, 9.17) is 5.11 Å². The summed E-state index contributed by atoms with van der Waals surface area (Å²) in [6, 6.07) is 8.21. The van der Waals surface area contributed by atoms with Crippen molar-refractivity contribution in [2.75, 3.05) is 13.2 Å². The smallest absolute Gasteiger partial charge is 0.223 e. The van der Waals surface area contributed by atoms with Gasteiger partial charge in [-0.3, -0.25) is 4.79 Å². The zero-order chi connectivity index (χ0) is 11.5. The summed E-state index contributed by atoms with van der Waals surface area (Å²) in [5, 5.41) is 11.4. The summed E-state index contributed by atoms with van der Waals surface area (Å²) in [6.45, 7) is 2.44. The number of aryl methyl sites for hydroxylation is 1. The highest BCUT2D eigenvalue weighted by Crippen LogP contribution is 2.48. The van der Waals surface area contributed by atoms with Gasteiger partial charge in [-0.1, -0.05) is 24.3 Å². The Morgan fingerprint density at radius 3 is 2.94 bits per heavy atom. The number of aliphatic hydroxyl groups is 1. The van der Waals surface area contributed by atoms with Crippen LogP contribution in [0.2, 0.25) is 0 Å². The van der Waals surface area contributed by atoms with E-state index < -0.39 is 0 Å². The third-order valence-electron chi connectivity index (χ3n) is 3.13. The molecule has 16 heavy (non-hydrogen) atoms. The number of carbonyl (C=O) groups is 1. The van der Waals surface area contributed by atoms with Crippen LogP contribution in [-0.2, 0) is 4.79 Å². The molecule has 0 heterocycles. The Kier molecular flexibility index (Phi) is 3.25. The number of aliphatic hydroxyl groups excluding tert-OH is 1. The van der Waals surface area contributed by atoms with Crippen LogP contribution in [0, 0.1) is 12.8 Å². The van der Waals surface area contributed by atoms with Gasteiger partial charge in [0.1, 0.15) is 0 Å². The number of rotatable bonds is 4. The first-order valence-electron chi connectivity index (χ1n) is 5.68. The summed E-state index contributed by atoms with van der Waals surface area (Å²) >= 11 is 0. The standard InChI is InChI=1S/C13H17NO2/c1-9-4-2-3-5-10(9)11-8-12(11)13(16)14-6-7-15/h2-5,11-12,15H,6-8H2,1H3,(H,14,16). The molecule has 0 radical (unpaired) electrons. The summed E-state index contributed by atoms with van der Waals surface area (Å²) < 4.78 is 0. The third kappa shape index (κ3) is 2.25. The first-order valence-corrected chi connectivity index (χ1v) is 5.68. The van der Waals surface area contributed by atoms with E-state index in [9.17, 15) is 4.79 Å². The molecule has 1 saturated carbocycles. The van der Waals surface area contributed by atoms with E-state index in [-0.39, 0.29) is 18.4 Å². The zero-order valence-electron chi connectivity index (χ0n) is 9.44. The monoisotopic (exact) mass is 219 g/mol. The van der Waals surface area contributed by atoms with Crippen molar-refractivity contribution in [3.8, 4) is 0 Å². The average Bonchev–Trinajstić information content (AvgIpc) is 3.06. The van der Waals surface area contributed by atoms with Gasteiger partial charge >= 0.3 is 0 Å². The molecule has 2 atom stereocenters. The molecule has 0 aliphatic heterocycles. The number of benzene rings is 1. The predicted molar refractivity (Wildman–Crippen MR) is 62.1 cm³/mol. The largest absolute Gasteiger partial charge is 0.395 e. The van der Waals surface area contributed by atoms with Crippen molar-refractivity contribution in [2.45, 2.75) is 19.3 Å². The van der Waals surface area contributed by atoms with Crippen LogP contribution in [0.1, 0.15) is 23.5 Å². The van der Waals surface area contributed by atoms with Gasteiger partial charge < -0.3 is 10.4 Å². The van der Waals surface area contributed by atoms with Crippen molar-refractivity contribution in [1.82, 2.24) is 5.32 Å². The fraction of sp³-hybridized carbons (Fsp3) is 0.462. The summed E-state index contributed by atoms with van der Waals surface area (Å²) in [5.41, 5.74) is 2.54. The maximum absolute atomic E-state index is 11.6. The molecule has 2 N–H and O–H groups in total. The van der Waals surface area contributed by atoms with Crippen LogP contribution in [0.3, 0.4) is 0 Å². The second-order valence-corrected chi connectivity index (χ2v) is 4.32. The first-order chi connectivity index (χ1) is 7.74. The molecular weight excluding hydrogens is 202 g/mol. The number of hydrogen-bond acceptors (Lipinski definition) is 2. The molecule has 1 aromatic carbocycles. The van der Waals surface area contributed by atoms with E-state index in [1.807, 2.05) is 12.1 Å². The van der Waals surface area contributed by atoms with E-state index in [0.29, 0.717) is 12.5 Å². The Morgan fingerprint density at radius 1 is 1.50 bits per heavy atom. The second-order valence-electron chi connectivity index (χ2n) is 4.32. The fourth-order valence-electron chi connectivity index (χ4n) is 2.14. The molecule has 86 valence electrons. The lowest BCUT2D eigenvalue weighted by Gasteiger charge is -2.05. The summed E-state index contributed by atoms with van der Waals surface area (Å²) in [7, 11) is 0. The molecule has 3 nitrogen and oxygen atoms in total. The highest BCUT2D eigenvalue weighted by Gasteiger charge is 2.44. The molecule has 0 spiro atoms. The molecule has 2 unspecified atom stereocenters. The molecule has 2 rings (SSSR count). The summed E-state index contributed by atoms with van der Waals surface area (Å²) in [4.78, 5) is 11.6. The van der Waals surface area contributed by atoms with Crippen LogP contribution >= 0.6 is 0 Å². The van der Waals surface area contributed by atoms with Gasteiger partial charge in [0.25, 0.3) is 0 Å². The molecule has 1 aliphatic carbocycles. The van der Waals surface area contributed by atoms with Gasteiger partial charge in [0, 0.05) is 12.5 Å². The van der Waals surface area contributed by atoms with Crippen molar-refractivity contribution in [1.29, 1.82) is 0 Å². The number of hydrogen-bond donors (Lipinski definition) is 2. The van der Waals surface area contributed by atoms with Crippen molar-refractivity contribution in [3.05, 3.63) is 35.4 Å². The molecular formula is C13H17NO2. The maximum Gasteiger partial charge on any atom is 0.223 e. The molecule has 3 heteroatoms.